The summed E-state index contributed by atoms with van der Waals surface area (Å²) in [6.45, 7) is 1.79. The molecule has 1 aromatic rings. The molecule has 1 rings (SSSR count). The van der Waals surface area contributed by atoms with E-state index in [2.05, 4.69) is 15.3 Å². The number of nitrogens with zero attached hydrogens (tertiary/aromatic N) is 2. The lowest BCUT2D eigenvalue weighted by Crippen LogP contribution is -2.14. The minimum Gasteiger partial charge on any atom is -0.374 e. The SMILES string of the molecule is Cc1c(Cl)ncnc1NCCOCC(F)F. The van der Waals surface area contributed by atoms with E-state index in [0.717, 1.165) is 5.56 Å². The van der Waals surface area contributed by atoms with Crippen molar-refractivity contribution in [2.24, 2.45) is 0 Å². The molecule has 1 N–H and O–H groups in total. The molecular weight excluding hydrogens is 240 g/mol. The molecule has 0 aliphatic rings. The normalized spacial score (nSPS) is 10.8. The minimum absolute atomic E-state index is 0.186. The molecule has 0 amide bonds. The van der Waals surface area contributed by atoms with Crippen LogP contribution in [0.3, 0.4) is 0 Å². The highest BCUT2D eigenvalue weighted by atomic mass is 35.5. The number of hydrogen-bond acceptors (Lipinski definition) is 4. The van der Waals surface area contributed by atoms with Gasteiger partial charge in [-0.2, -0.15) is 0 Å². The van der Waals surface area contributed by atoms with Gasteiger partial charge in [0.15, 0.2) is 0 Å². The standard InChI is InChI=1S/C9H12ClF2N3O/c1-6-8(10)14-5-15-9(6)13-2-3-16-4-7(11)12/h5,7H,2-4H2,1H3,(H,13,14,15). The number of nitrogens with one attached hydrogen (secondary N) is 1. The summed E-state index contributed by atoms with van der Waals surface area (Å²) in [5.74, 6) is 0.584. The van der Waals surface area contributed by atoms with E-state index in [-0.39, 0.29) is 6.61 Å². The largest absolute Gasteiger partial charge is 0.374 e. The third-order valence-electron chi connectivity index (χ3n) is 1.81. The minimum atomic E-state index is -2.43. The first-order valence-corrected chi connectivity index (χ1v) is 5.06. The van der Waals surface area contributed by atoms with Crippen molar-refractivity contribution < 1.29 is 13.5 Å². The maximum absolute atomic E-state index is 11.7. The molecule has 0 aliphatic carbocycles. The smallest absolute Gasteiger partial charge is 0.261 e. The van der Waals surface area contributed by atoms with Gasteiger partial charge in [0.25, 0.3) is 6.43 Å². The molecule has 1 aromatic heterocycles. The molecule has 0 aliphatic heterocycles. The van der Waals surface area contributed by atoms with E-state index in [1.54, 1.807) is 6.92 Å². The topological polar surface area (TPSA) is 47.0 Å². The lowest BCUT2D eigenvalue weighted by Gasteiger charge is -2.08. The van der Waals surface area contributed by atoms with E-state index in [4.69, 9.17) is 16.3 Å². The van der Waals surface area contributed by atoms with Crippen LogP contribution >= 0.6 is 11.6 Å². The average Bonchev–Trinajstić information content (AvgIpc) is 2.23. The molecule has 0 fully saturated rings. The molecule has 4 nitrogen and oxygen atoms in total. The maximum atomic E-state index is 11.7. The van der Waals surface area contributed by atoms with Gasteiger partial charge in [0.05, 0.1) is 6.61 Å². The van der Waals surface area contributed by atoms with Crippen molar-refractivity contribution >= 4 is 17.4 Å². The van der Waals surface area contributed by atoms with Gasteiger partial charge in [0.1, 0.15) is 23.9 Å². The van der Waals surface area contributed by atoms with Crippen LogP contribution in [0.4, 0.5) is 14.6 Å². The van der Waals surface area contributed by atoms with Crippen molar-refractivity contribution in [1.29, 1.82) is 0 Å². The second-order valence-electron chi connectivity index (χ2n) is 3.03. The zero-order valence-electron chi connectivity index (χ0n) is 8.71. The lowest BCUT2D eigenvalue weighted by molar-refractivity contribution is 0.0214. The number of anilines is 1. The van der Waals surface area contributed by atoms with Crippen LogP contribution in [0.5, 0.6) is 0 Å². The molecule has 7 heteroatoms. The quantitative estimate of drug-likeness (QED) is 0.622. The number of aromatic nitrogens is 2. The van der Waals surface area contributed by atoms with E-state index in [9.17, 15) is 8.78 Å². The Morgan fingerprint density at radius 3 is 2.94 bits per heavy atom. The molecule has 0 saturated heterocycles. The van der Waals surface area contributed by atoms with E-state index in [0.29, 0.717) is 17.5 Å². The predicted octanol–water partition coefficient (Wildman–Crippen LogP) is 2.13. The Bertz CT molecular complexity index is 339. The van der Waals surface area contributed by atoms with Crippen LogP contribution < -0.4 is 5.32 Å². The molecule has 16 heavy (non-hydrogen) atoms. The fraction of sp³-hybridized carbons (Fsp3) is 0.556. The van der Waals surface area contributed by atoms with Crippen LogP contribution in [-0.2, 0) is 4.74 Å². The molecule has 0 saturated carbocycles. The number of ether oxygens (including phenoxy) is 1. The molecular formula is C9H12ClF2N3O. The van der Waals surface area contributed by atoms with Crippen LogP contribution in [-0.4, -0.2) is 36.2 Å². The summed E-state index contributed by atoms with van der Waals surface area (Å²) in [6.07, 6.45) is -1.10. The summed E-state index contributed by atoms with van der Waals surface area (Å²) in [5, 5.41) is 3.29. The Kier molecular flexibility index (Phi) is 5.34. The number of rotatable bonds is 6. The summed E-state index contributed by atoms with van der Waals surface area (Å²) >= 11 is 5.77. The third-order valence-corrected chi connectivity index (χ3v) is 2.19. The summed E-state index contributed by atoms with van der Waals surface area (Å²) in [4.78, 5) is 7.75. The van der Waals surface area contributed by atoms with Gasteiger partial charge in [-0.3, -0.25) is 0 Å². The Morgan fingerprint density at radius 1 is 1.50 bits per heavy atom. The molecule has 1 heterocycles. The highest BCUT2D eigenvalue weighted by Gasteiger charge is 2.04. The number of hydrogen-bond donors (Lipinski definition) is 1. The first-order valence-electron chi connectivity index (χ1n) is 4.68. The number of halogens is 3. The van der Waals surface area contributed by atoms with Gasteiger partial charge in [0.2, 0.25) is 0 Å². The zero-order valence-corrected chi connectivity index (χ0v) is 9.47. The van der Waals surface area contributed by atoms with Crippen LogP contribution in [0.1, 0.15) is 5.56 Å². The summed E-state index contributed by atoms with van der Waals surface area (Å²) < 4.78 is 28.1. The monoisotopic (exact) mass is 251 g/mol. The number of alkyl halides is 2. The van der Waals surface area contributed by atoms with Gasteiger partial charge in [0, 0.05) is 12.1 Å². The maximum Gasteiger partial charge on any atom is 0.261 e. The van der Waals surface area contributed by atoms with Crippen LogP contribution in [0, 0.1) is 6.92 Å². The fourth-order valence-electron chi connectivity index (χ4n) is 1.02. The van der Waals surface area contributed by atoms with Gasteiger partial charge in [-0.1, -0.05) is 11.6 Å². The molecule has 90 valence electrons. The highest BCUT2D eigenvalue weighted by Crippen LogP contribution is 2.17. The first-order chi connectivity index (χ1) is 7.61. The summed E-state index contributed by atoms with van der Waals surface area (Å²) in [5.41, 5.74) is 0.720. The summed E-state index contributed by atoms with van der Waals surface area (Å²) in [7, 11) is 0. The third kappa shape index (κ3) is 4.24. The predicted molar refractivity (Wildman–Crippen MR) is 57.1 cm³/mol. The fourth-order valence-corrected chi connectivity index (χ4v) is 1.15. The van der Waals surface area contributed by atoms with Crippen molar-refractivity contribution in [3.8, 4) is 0 Å². The van der Waals surface area contributed by atoms with Crippen LogP contribution in [0.2, 0.25) is 5.15 Å². The van der Waals surface area contributed by atoms with Gasteiger partial charge >= 0.3 is 0 Å². The second-order valence-corrected chi connectivity index (χ2v) is 3.39. The zero-order chi connectivity index (χ0) is 12.0. The highest BCUT2D eigenvalue weighted by molar-refractivity contribution is 6.30. The Hall–Kier alpha value is -1.01. The van der Waals surface area contributed by atoms with Crippen molar-refractivity contribution in [3.05, 3.63) is 17.0 Å². The molecule has 0 bridgehead atoms. The van der Waals surface area contributed by atoms with Gasteiger partial charge in [-0.05, 0) is 6.92 Å². The van der Waals surface area contributed by atoms with Crippen molar-refractivity contribution in [1.82, 2.24) is 9.97 Å². The first kappa shape index (κ1) is 13.1. The van der Waals surface area contributed by atoms with Gasteiger partial charge < -0.3 is 10.1 Å². The van der Waals surface area contributed by atoms with Crippen molar-refractivity contribution in [3.63, 3.8) is 0 Å². The van der Waals surface area contributed by atoms with E-state index in [1.165, 1.54) is 6.33 Å². The average molecular weight is 252 g/mol. The van der Waals surface area contributed by atoms with Crippen LogP contribution in [0.15, 0.2) is 6.33 Å². The molecule has 0 atom stereocenters. The van der Waals surface area contributed by atoms with Crippen LogP contribution in [0.25, 0.3) is 0 Å². The molecule has 0 radical (unpaired) electrons. The van der Waals surface area contributed by atoms with Crippen molar-refractivity contribution in [2.75, 3.05) is 25.1 Å². The van der Waals surface area contributed by atoms with E-state index in [1.807, 2.05) is 0 Å². The van der Waals surface area contributed by atoms with Crippen molar-refractivity contribution in [2.45, 2.75) is 13.3 Å². The lowest BCUT2D eigenvalue weighted by atomic mass is 10.3. The summed E-state index contributed by atoms with van der Waals surface area (Å²) in [6, 6.07) is 0. The Morgan fingerprint density at radius 2 is 2.25 bits per heavy atom. The Balaban J connectivity index is 2.29. The molecule has 0 spiro atoms. The van der Waals surface area contributed by atoms with E-state index < -0.39 is 13.0 Å². The molecule has 0 aromatic carbocycles. The van der Waals surface area contributed by atoms with E-state index >= 15 is 0 Å². The molecule has 0 unspecified atom stereocenters. The Labute approximate surface area is 97.0 Å². The van der Waals surface area contributed by atoms with Gasteiger partial charge in [-0.25, -0.2) is 18.7 Å². The second kappa shape index (κ2) is 6.55. The van der Waals surface area contributed by atoms with Gasteiger partial charge in [-0.15, -0.1) is 0 Å².